The number of hydrogen-bond donors (Lipinski definition) is 4. The van der Waals surface area contributed by atoms with Crippen LogP contribution in [0.5, 0.6) is 0 Å². The Morgan fingerprint density at radius 1 is 0.861 bits per heavy atom. The summed E-state index contributed by atoms with van der Waals surface area (Å²) >= 11 is 0. The summed E-state index contributed by atoms with van der Waals surface area (Å²) in [6.45, 7) is 6.61. The first-order valence-electron chi connectivity index (χ1n) is 11.8. The molecule has 2 atom stereocenters. The third-order valence-electron chi connectivity index (χ3n) is 5.27. The molecule has 0 spiro atoms. The highest BCUT2D eigenvalue weighted by atomic mass is 16.7. The molecule has 9 nitrogen and oxygen atoms in total. The molecule has 0 radical (unpaired) electrons. The third-order valence-corrected chi connectivity index (χ3v) is 5.27. The molecule has 0 bridgehead atoms. The van der Waals surface area contributed by atoms with Crippen LogP contribution < -0.4 is 16.1 Å². The van der Waals surface area contributed by atoms with Crippen LogP contribution in [-0.4, -0.2) is 46.0 Å². The van der Waals surface area contributed by atoms with Crippen LogP contribution in [0.1, 0.15) is 51.7 Å². The Bertz CT molecular complexity index is 1040. The summed E-state index contributed by atoms with van der Waals surface area (Å²) in [4.78, 5) is 55.7. The maximum atomic E-state index is 13.2. The van der Waals surface area contributed by atoms with E-state index in [4.69, 9.17) is 4.84 Å². The number of carboxylic acid groups (broad SMARTS) is 1. The van der Waals surface area contributed by atoms with Gasteiger partial charge in [0, 0.05) is 12.8 Å². The van der Waals surface area contributed by atoms with E-state index < -0.39 is 47.3 Å². The zero-order valence-corrected chi connectivity index (χ0v) is 21.2. The van der Waals surface area contributed by atoms with Crippen molar-refractivity contribution in [3.05, 3.63) is 71.8 Å². The molecule has 9 heteroatoms. The van der Waals surface area contributed by atoms with E-state index in [-0.39, 0.29) is 12.8 Å². The molecule has 36 heavy (non-hydrogen) atoms. The van der Waals surface area contributed by atoms with E-state index in [1.165, 1.54) is 6.92 Å². The van der Waals surface area contributed by atoms with Crippen molar-refractivity contribution < 1.29 is 29.1 Å². The second kappa shape index (κ2) is 12.8. The van der Waals surface area contributed by atoms with Crippen molar-refractivity contribution in [3.63, 3.8) is 0 Å². The van der Waals surface area contributed by atoms with Gasteiger partial charge in [0.25, 0.3) is 0 Å². The van der Waals surface area contributed by atoms with Crippen LogP contribution in [0.3, 0.4) is 0 Å². The first kappa shape index (κ1) is 28.5. The lowest BCUT2D eigenvalue weighted by Gasteiger charge is -2.29. The topological polar surface area (TPSA) is 134 Å². The van der Waals surface area contributed by atoms with Gasteiger partial charge in [-0.15, -0.1) is 0 Å². The quantitative estimate of drug-likeness (QED) is 0.333. The Labute approximate surface area is 211 Å². The molecule has 0 aliphatic heterocycles. The van der Waals surface area contributed by atoms with Gasteiger partial charge in [-0.3, -0.25) is 19.2 Å². The number of hydroxylamine groups is 1. The predicted molar refractivity (Wildman–Crippen MR) is 135 cm³/mol. The van der Waals surface area contributed by atoms with Crippen LogP contribution in [-0.2, 0) is 36.9 Å². The maximum absolute atomic E-state index is 13.2. The standard InChI is InChI=1S/C27H35N3O6/c1-26(2,3)36-30-23(32)17-21(28-22(31)16-15-19-11-7-5-8-12-19)24(33)29-27(4,25(34)35)18-20-13-9-6-10-14-20/h5-14,21H,15-18H2,1-4H3,(H,28,31)(H,29,33)(H,30,32)(H,34,35). The number of hydrogen-bond acceptors (Lipinski definition) is 5. The summed E-state index contributed by atoms with van der Waals surface area (Å²) in [6.07, 6.45) is 0.123. The summed E-state index contributed by atoms with van der Waals surface area (Å²) < 4.78 is 0. The fourth-order valence-electron chi connectivity index (χ4n) is 3.35. The monoisotopic (exact) mass is 497 g/mol. The third kappa shape index (κ3) is 9.87. The Morgan fingerprint density at radius 3 is 1.94 bits per heavy atom. The fraction of sp³-hybridized carbons (Fsp3) is 0.407. The second-order valence-corrected chi connectivity index (χ2v) is 9.84. The summed E-state index contributed by atoms with van der Waals surface area (Å²) in [6, 6.07) is 16.9. The van der Waals surface area contributed by atoms with Gasteiger partial charge in [-0.25, -0.2) is 10.3 Å². The van der Waals surface area contributed by atoms with Crippen LogP contribution in [0, 0.1) is 0 Å². The fourth-order valence-corrected chi connectivity index (χ4v) is 3.35. The molecule has 2 unspecified atom stereocenters. The van der Waals surface area contributed by atoms with Crippen molar-refractivity contribution in [2.45, 2.75) is 70.6 Å². The first-order chi connectivity index (χ1) is 16.9. The van der Waals surface area contributed by atoms with Crippen molar-refractivity contribution in [3.8, 4) is 0 Å². The summed E-state index contributed by atoms with van der Waals surface area (Å²) in [5, 5.41) is 15.0. The highest BCUT2D eigenvalue weighted by Gasteiger charge is 2.38. The van der Waals surface area contributed by atoms with Crippen LogP contribution in [0.4, 0.5) is 0 Å². The number of nitrogens with one attached hydrogen (secondary N) is 3. The van der Waals surface area contributed by atoms with Gasteiger partial charge in [0.05, 0.1) is 12.0 Å². The average molecular weight is 498 g/mol. The van der Waals surface area contributed by atoms with Gasteiger partial charge in [-0.1, -0.05) is 60.7 Å². The number of benzene rings is 2. The van der Waals surface area contributed by atoms with Crippen molar-refractivity contribution in [2.75, 3.05) is 0 Å². The average Bonchev–Trinajstić information content (AvgIpc) is 2.81. The molecule has 0 aliphatic rings. The lowest BCUT2D eigenvalue weighted by Crippen LogP contribution is -2.59. The van der Waals surface area contributed by atoms with Gasteiger partial charge in [0.2, 0.25) is 17.7 Å². The number of carbonyl (C=O) groups is 4. The molecule has 194 valence electrons. The zero-order valence-electron chi connectivity index (χ0n) is 21.2. The summed E-state index contributed by atoms with van der Waals surface area (Å²) in [7, 11) is 0. The van der Waals surface area contributed by atoms with E-state index in [1.54, 1.807) is 51.1 Å². The van der Waals surface area contributed by atoms with Crippen LogP contribution in [0.2, 0.25) is 0 Å². The number of carboxylic acids is 1. The number of amides is 3. The summed E-state index contributed by atoms with van der Waals surface area (Å²) in [5.41, 5.74) is 1.61. The van der Waals surface area contributed by atoms with Gasteiger partial charge in [-0.05, 0) is 45.2 Å². The number of carbonyl (C=O) groups excluding carboxylic acids is 3. The molecule has 0 saturated carbocycles. The number of aryl methyl sites for hydroxylation is 1. The molecule has 0 fully saturated rings. The van der Waals surface area contributed by atoms with E-state index in [9.17, 15) is 24.3 Å². The molecule has 0 aliphatic carbocycles. The number of aliphatic carboxylic acids is 1. The van der Waals surface area contributed by atoms with Crippen molar-refractivity contribution in [1.29, 1.82) is 0 Å². The Hall–Kier alpha value is -3.72. The van der Waals surface area contributed by atoms with Gasteiger partial charge in [0.1, 0.15) is 11.6 Å². The molecular weight excluding hydrogens is 462 g/mol. The minimum atomic E-state index is -1.66. The zero-order chi connectivity index (χ0) is 26.8. The molecule has 0 saturated heterocycles. The second-order valence-electron chi connectivity index (χ2n) is 9.84. The van der Waals surface area contributed by atoms with Crippen molar-refractivity contribution in [1.82, 2.24) is 16.1 Å². The Morgan fingerprint density at radius 2 is 1.42 bits per heavy atom. The highest BCUT2D eigenvalue weighted by Crippen LogP contribution is 2.15. The van der Waals surface area contributed by atoms with Crippen LogP contribution in [0.15, 0.2) is 60.7 Å². The minimum Gasteiger partial charge on any atom is -0.480 e. The molecule has 2 aromatic carbocycles. The molecular formula is C27H35N3O6. The van der Waals surface area contributed by atoms with Gasteiger partial charge < -0.3 is 15.7 Å². The van der Waals surface area contributed by atoms with E-state index in [0.717, 1.165) is 5.56 Å². The molecule has 0 heterocycles. The van der Waals surface area contributed by atoms with Crippen molar-refractivity contribution >= 4 is 23.7 Å². The molecule has 3 amide bonds. The number of rotatable bonds is 12. The van der Waals surface area contributed by atoms with Crippen molar-refractivity contribution in [2.24, 2.45) is 0 Å². The van der Waals surface area contributed by atoms with E-state index in [2.05, 4.69) is 16.1 Å². The Kier molecular flexibility index (Phi) is 10.2. The van der Waals surface area contributed by atoms with E-state index in [1.807, 2.05) is 30.3 Å². The maximum Gasteiger partial charge on any atom is 0.329 e. The lowest BCUT2D eigenvalue weighted by atomic mass is 9.92. The minimum absolute atomic E-state index is 0.0168. The normalized spacial score (nSPS) is 13.7. The Balaban J connectivity index is 2.14. The van der Waals surface area contributed by atoms with Gasteiger partial charge >= 0.3 is 5.97 Å². The molecule has 2 rings (SSSR count). The first-order valence-corrected chi connectivity index (χ1v) is 11.8. The van der Waals surface area contributed by atoms with Crippen LogP contribution >= 0.6 is 0 Å². The predicted octanol–water partition coefficient (Wildman–Crippen LogP) is 2.54. The molecule has 2 aromatic rings. The van der Waals surface area contributed by atoms with Crippen LogP contribution in [0.25, 0.3) is 0 Å². The molecule has 0 aromatic heterocycles. The molecule has 4 N–H and O–H groups in total. The SMILES string of the molecule is CC(C)(C)ONC(=O)CC(NC(=O)CCc1ccccc1)C(=O)NC(C)(Cc1ccccc1)C(=O)O. The van der Waals surface area contributed by atoms with Gasteiger partial charge in [0.15, 0.2) is 0 Å². The largest absolute Gasteiger partial charge is 0.480 e. The van der Waals surface area contributed by atoms with E-state index in [0.29, 0.717) is 12.0 Å². The van der Waals surface area contributed by atoms with E-state index >= 15 is 0 Å². The summed E-state index contributed by atoms with van der Waals surface area (Å²) in [5.74, 6) is -3.10. The van der Waals surface area contributed by atoms with Gasteiger partial charge in [-0.2, -0.15) is 0 Å². The lowest BCUT2D eigenvalue weighted by molar-refractivity contribution is -0.149. The highest BCUT2D eigenvalue weighted by molar-refractivity contribution is 5.95. The smallest absolute Gasteiger partial charge is 0.329 e.